The van der Waals surface area contributed by atoms with Gasteiger partial charge in [-0.05, 0) is 18.9 Å². The second-order valence-electron chi connectivity index (χ2n) is 7.21. The zero-order valence-corrected chi connectivity index (χ0v) is 16.5. The molecule has 1 aromatic heterocycles. The van der Waals surface area contributed by atoms with Crippen molar-refractivity contribution >= 4 is 17.2 Å². The summed E-state index contributed by atoms with van der Waals surface area (Å²) in [6.45, 7) is 2.67. The van der Waals surface area contributed by atoms with Crippen LogP contribution in [0.15, 0.2) is 35.7 Å². The second-order valence-corrected chi connectivity index (χ2v) is 8.15. The van der Waals surface area contributed by atoms with Gasteiger partial charge in [0.05, 0.1) is 16.8 Å². The maximum atomic E-state index is 13.5. The lowest BCUT2D eigenvalue weighted by molar-refractivity contribution is -0.183. The van der Waals surface area contributed by atoms with Crippen molar-refractivity contribution in [1.29, 1.82) is 0 Å². The fraction of sp³-hybridized carbons (Fsp3) is 0.500. The molecule has 4 nitrogen and oxygen atoms in total. The standard InChI is InChI=1S/C20H24F3N3OS/c1-14-13-28-18(25-14)8-5-9-24-19(27)16-11-26(12-17(16)20(21,22)23)10-15-6-3-2-4-7-15/h2-4,6-7,13,16-17H,5,8-12H2,1H3,(H,24,27)/t16-,17+/m1/s1. The Morgan fingerprint density at radius 1 is 1.29 bits per heavy atom. The fourth-order valence-corrected chi connectivity index (χ4v) is 4.37. The zero-order chi connectivity index (χ0) is 20.1. The number of carbonyl (C=O) groups is 1. The van der Waals surface area contributed by atoms with Crippen LogP contribution in [0.5, 0.6) is 0 Å². The van der Waals surface area contributed by atoms with Crippen molar-refractivity contribution < 1.29 is 18.0 Å². The molecule has 0 radical (unpaired) electrons. The molecule has 1 N–H and O–H groups in total. The number of amides is 1. The van der Waals surface area contributed by atoms with Gasteiger partial charge in [-0.3, -0.25) is 9.69 Å². The van der Waals surface area contributed by atoms with Gasteiger partial charge in [-0.1, -0.05) is 30.3 Å². The SMILES string of the molecule is Cc1csc(CCCNC(=O)[C@@H]2CN(Cc3ccccc3)C[C@@H]2C(F)(F)F)n1. The first-order valence-electron chi connectivity index (χ1n) is 9.34. The highest BCUT2D eigenvalue weighted by Crippen LogP contribution is 2.38. The van der Waals surface area contributed by atoms with E-state index in [4.69, 9.17) is 0 Å². The smallest absolute Gasteiger partial charge is 0.356 e. The second kappa shape index (κ2) is 9.05. The summed E-state index contributed by atoms with van der Waals surface area (Å²) in [5.74, 6) is -3.20. The Bertz CT molecular complexity index is 779. The summed E-state index contributed by atoms with van der Waals surface area (Å²) in [5, 5.41) is 5.64. The lowest BCUT2D eigenvalue weighted by Crippen LogP contribution is -2.40. The van der Waals surface area contributed by atoms with Gasteiger partial charge >= 0.3 is 6.18 Å². The van der Waals surface area contributed by atoms with E-state index in [0.29, 0.717) is 25.9 Å². The number of thiazole rings is 1. The maximum Gasteiger partial charge on any atom is 0.393 e. The molecule has 0 aliphatic carbocycles. The monoisotopic (exact) mass is 411 g/mol. The normalized spacial score (nSPS) is 20.4. The van der Waals surface area contributed by atoms with E-state index in [9.17, 15) is 18.0 Å². The number of alkyl halides is 3. The first kappa shape index (κ1) is 20.8. The maximum absolute atomic E-state index is 13.5. The van der Waals surface area contributed by atoms with Crippen molar-refractivity contribution in [3.8, 4) is 0 Å². The Kier molecular flexibility index (Phi) is 6.72. The molecule has 1 aliphatic heterocycles. The first-order valence-corrected chi connectivity index (χ1v) is 10.2. The minimum atomic E-state index is -4.38. The van der Waals surface area contributed by atoms with Crippen LogP contribution < -0.4 is 5.32 Å². The number of benzene rings is 1. The molecule has 0 spiro atoms. The molecule has 152 valence electrons. The Labute approximate surface area is 166 Å². The molecule has 0 saturated carbocycles. The molecule has 1 fully saturated rings. The van der Waals surface area contributed by atoms with E-state index >= 15 is 0 Å². The number of likely N-dealkylation sites (tertiary alicyclic amines) is 1. The summed E-state index contributed by atoms with van der Waals surface area (Å²) in [6, 6.07) is 9.36. The van der Waals surface area contributed by atoms with Crippen molar-refractivity contribution in [2.24, 2.45) is 11.8 Å². The van der Waals surface area contributed by atoms with Crippen LogP contribution in [0, 0.1) is 18.8 Å². The minimum absolute atomic E-state index is 0.122. The number of aryl methyl sites for hydroxylation is 2. The molecular formula is C20H24F3N3OS. The van der Waals surface area contributed by atoms with Gasteiger partial charge in [0.2, 0.25) is 5.91 Å². The molecule has 2 heterocycles. The van der Waals surface area contributed by atoms with Crippen molar-refractivity contribution in [2.75, 3.05) is 19.6 Å². The third kappa shape index (κ3) is 5.54. The molecule has 2 atom stereocenters. The molecule has 1 amide bonds. The highest BCUT2D eigenvalue weighted by molar-refractivity contribution is 7.09. The molecule has 1 saturated heterocycles. The van der Waals surface area contributed by atoms with Crippen LogP contribution >= 0.6 is 11.3 Å². The van der Waals surface area contributed by atoms with Crippen LogP contribution in [0.3, 0.4) is 0 Å². The zero-order valence-electron chi connectivity index (χ0n) is 15.7. The summed E-state index contributed by atoms with van der Waals surface area (Å²) in [4.78, 5) is 18.5. The number of hydrogen-bond donors (Lipinski definition) is 1. The molecule has 2 aromatic rings. The van der Waals surface area contributed by atoms with Crippen LogP contribution in [0.4, 0.5) is 13.2 Å². The average molecular weight is 411 g/mol. The van der Waals surface area contributed by atoms with E-state index in [1.54, 1.807) is 16.2 Å². The van der Waals surface area contributed by atoms with Gasteiger partial charge in [-0.25, -0.2) is 4.98 Å². The fourth-order valence-electron chi connectivity index (χ4n) is 3.55. The third-order valence-corrected chi connectivity index (χ3v) is 5.96. The van der Waals surface area contributed by atoms with Crippen molar-refractivity contribution in [3.05, 3.63) is 52.0 Å². The van der Waals surface area contributed by atoms with Crippen molar-refractivity contribution in [3.63, 3.8) is 0 Å². The number of rotatable bonds is 7. The molecule has 28 heavy (non-hydrogen) atoms. The van der Waals surface area contributed by atoms with Gasteiger partial charge in [-0.2, -0.15) is 13.2 Å². The van der Waals surface area contributed by atoms with Crippen LogP contribution in [0.2, 0.25) is 0 Å². The van der Waals surface area contributed by atoms with Crippen molar-refractivity contribution in [2.45, 2.75) is 32.5 Å². The number of nitrogens with zero attached hydrogens (tertiary/aromatic N) is 2. The predicted octanol–water partition coefficient (Wildman–Crippen LogP) is 3.81. The lowest BCUT2D eigenvalue weighted by Gasteiger charge is -2.20. The summed E-state index contributed by atoms with van der Waals surface area (Å²) in [7, 11) is 0. The van der Waals surface area contributed by atoms with E-state index in [0.717, 1.165) is 16.3 Å². The van der Waals surface area contributed by atoms with E-state index < -0.39 is 23.9 Å². The van der Waals surface area contributed by atoms with Gasteiger partial charge in [0, 0.05) is 43.7 Å². The molecule has 1 aliphatic rings. The van der Waals surface area contributed by atoms with Gasteiger partial charge in [0.25, 0.3) is 0 Å². The van der Waals surface area contributed by atoms with Crippen LogP contribution in [0.25, 0.3) is 0 Å². The van der Waals surface area contributed by atoms with Crippen LogP contribution in [-0.2, 0) is 17.8 Å². The number of hydrogen-bond acceptors (Lipinski definition) is 4. The molecule has 3 rings (SSSR count). The topological polar surface area (TPSA) is 45.2 Å². The van der Waals surface area contributed by atoms with E-state index in [2.05, 4.69) is 10.3 Å². The van der Waals surface area contributed by atoms with Crippen molar-refractivity contribution in [1.82, 2.24) is 15.2 Å². The molecule has 1 aromatic carbocycles. The van der Waals surface area contributed by atoms with Gasteiger partial charge < -0.3 is 5.32 Å². The highest BCUT2D eigenvalue weighted by Gasteiger charge is 2.52. The number of aromatic nitrogens is 1. The number of halogens is 3. The Morgan fingerprint density at radius 2 is 2.04 bits per heavy atom. The summed E-state index contributed by atoms with van der Waals surface area (Å²) < 4.78 is 40.4. The number of nitrogens with one attached hydrogen (secondary N) is 1. The third-order valence-electron chi connectivity index (χ3n) is 4.93. The minimum Gasteiger partial charge on any atom is -0.356 e. The average Bonchev–Trinajstić information content (AvgIpc) is 3.25. The molecule has 8 heteroatoms. The lowest BCUT2D eigenvalue weighted by atomic mass is 9.94. The van der Waals surface area contributed by atoms with E-state index in [-0.39, 0.29) is 13.1 Å². The summed E-state index contributed by atoms with van der Waals surface area (Å²) >= 11 is 1.56. The van der Waals surface area contributed by atoms with Crippen LogP contribution in [0.1, 0.15) is 22.7 Å². The van der Waals surface area contributed by atoms with Gasteiger partial charge in [0.1, 0.15) is 0 Å². The predicted molar refractivity (Wildman–Crippen MR) is 103 cm³/mol. The quantitative estimate of drug-likeness (QED) is 0.705. The number of carbonyl (C=O) groups excluding carboxylic acids is 1. The Morgan fingerprint density at radius 3 is 2.68 bits per heavy atom. The Balaban J connectivity index is 1.53. The largest absolute Gasteiger partial charge is 0.393 e. The van der Waals surface area contributed by atoms with Gasteiger partial charge in [0.15, 0.2) is 0 Å². The highest BCUT2D eigenvalue weighted by atomic mass is 32.1. The molecular weight excluding hydrogens is 387 g/mol. The Hall–Kier alpha value is -1.93. The molecule has 0 unspecified atom stereocenters. The summed E-state index contributed by atoms with van der Waals surface area (Å²) in [6.07, 6.45) is -3.01. The first-order chi connectivity index (χ1) is 13.3. The van der Waals surface area contributed by atoms with Crippen LogP contribution in [-0.4, -0.2) is 41.6 Å². The van der Waals surface area contributed by atoms with E-state index in [1.165, 1.54) is 0 Å². The summed E-state index contributed by atoms with van der Waals surface area (Å²) in [5.41, 5.74) is 1.91. The molecule has 0 bridgehead atoms. The van der Waals surface area contributed by atoms with Gasteiger partial charge in [-0.15, -0.1) is 11.3 Å². The van der Waals surface area contributed by atoms with E-state index in [1.807, 2.05) is 42.6 Å².